The molecule has 0 radical (unpaired) electrons. The van der Waals surface area contributed by atoms with Crippen LogP contribution in [0.15, 0.2) is 17.1 Å². The number of aromatic nitrogens is 1. The molecule has 0 aliphatic heterocycles. The minimum absolute atomic E-state index is 0.164. The largest absolute Gasteiger partial charge is 0.383 e. The molecule has 1 amide bonds. The van der Waals surface area contributed by atoms with Crippen LogP contribution in [0.25, 0.3) is 0 Å². The average molecular weight is 317 g/mol. The summed E-state index contributed by atoms with van der Waals surface area (Å²) >= 11 is 3.29. The number of amides is 1. The van der Waals surface area contributed by atoms with Crippen molar-refractivity contribution in [2.24, 2.45) is 0 Å². The first-order chi connectivity index (χ1) is 8.60. The van der Waals surface area contributed by atoms with E-state index >= 15 is 0 Å². The summed E-state index contributed by atoms with van der Waals surface area (Å²) in [5.74, 6) is -0.271. The molecule has 0 atom stereocenters. The smallest absolute Gasteiger partial charge is 0.259 e. The molecule has 1 N–H and O–H groups in total. The molecule has 1 heterocycles. The van der Waals surface area contributed by atoms with E-state index in [1.165, 1.54) is 12.3 Å². The van der Waals surface area contributed by atoms with Gasteiger partial charge in [-0.05, 0) is 6.92 Å². The number of aromatic amines is 1. The molecule has 6 heteroatoms. The van der Waals surface area contributed by atoms with Crippen molar-refractivity contribution in [3.63, 3.8) is 0 Å². The lowest BCUT2D eigenvalue weighted by atomic mass is 10.2. The van der Waals surface area contributed by atoms with Crippen molar-refractivity contribution in [2.75, 3.05) is 32.1 Å². The lowest BCUT2D eigenvalue weighted by molar-refractivity contribution is 0.0707. The monoisotopic (exact) mass is 316 g/mol. The third-order valence-electron chi connectivity index (χ3n) is 2.49. The molecule has 1 aromatic rings. The minimum Gasteiger partial charge on any atom is -0.383 e. The number of nitrogens with zero attached hydrogens (tertiary/aromatic N) is 1. The third-order valence-corrected chi connectivity index (χ3v) is 2.85. The van der Waals surface area contributed by atoms with Gasteiger partial charge >= 0.3 is 0 Å². The van der Waals surface area contributed by atoms with Crippen LogP contribution in [-0.4, -0.2) is 47.9 Å². The van der Waals surface area contributed by atoms with Gasteiger partial charge < -0.3 is 14.6 Å². The molecule has 0 saturated heterocycles. The Morgan fingerprint density at radius 1 is 1.50 bits per heavy atom. The molecule has 0 aliphatic rings. The fourth-order valence-corrected chi connectivity index (χ4v) is 1.96. The summed E-state index contributed by atoms with van der Waals surface area (Å²) in [7, 11) is 1.58. The van der Waals surface area contributed by atoms with E-state index in [1.54, 1.807) is 18.9 Å². The first kappa shape index (κ1) is 14.9. The highest BCUT2D eigenvalue weighted by Gasteiger charge is 2.17. The summed E-state index contributed by atoms with van der Waals surface area (Å²) in [4.78, 5) is 28.4. The first-order valence-corrected chi connectivity index (χ1v) is 6.75. The van der Waals surface area contributed by atoms with E-state index in [2.05, 4.69) is 20.9 Å². The molecule has 0 saturated carbocycles. The van der Waals surface area contributed by atoms with Crippen LogP contribution < -0.4 is 5.43 Å². The zero-order valence-corrected chi connectivity index (χ0v) is 12.1. The second kappa shape index (κ2) is 7.33. The van der Waals surface area contributed by atoms with Crippen molar-refractivity contribution < 1.29 is 9.53 Å². The summed E-state index contributed by atoms with van der Waals surface area (Å²) in [6.07, 6.45) is 1.47. The Bertz CT molecular complexity index is 459. The van der Waals surface area contributed by atoms with Gasteiger partial charge in [0.15, 0.2) is 5.43 Å². The summed E-state index contributed by atoms with van der Waals surface area (Å²) in [6.45, 7) is 3.23. The number of hydrogen-bond donors (Lipinski definition) is 1. The second-order valence-electron chi connectivity index (χ2n) is 3.87. The Morgan fingerprint density at radius 3 is 2.78 bits per heavy atom. The number of nitrogens with one attached hydrogen (secondary N) is 1. The molecule has 0 aromatic carbocycles. The van der Waals surface area contributed by atoms with Crippen molar-refractivity contribution in [3.05, 3.63) is 33.7 Å². The Hall–Kier alpha value is -1.14. The van der Waals surface area contributed by atoms with Crippen molar-refractivity contribution in [2.45, 2.75) is 6.92 Å². The molecule has 0 fully saturated rings. The van der Waals surface area contributed by atoms with Crippen LogP contribution in [0.2, 0.25) is 0 Å². The maximum Gasteiger partial charge on any atom is 0.259 e. The van der Waals surface area contributed by atoms with Gasteiger partial charge in [-0.1, -0.05) is 15.9 Å². The van der Waals surface area contributed by atoms with Crippen LogP contribution in [0, 0.1) is 6.92 Å². The molecule has 1 rings (SSSR count). The molecular formula is C12H17BrN2O3. The summed E-state index contributed by atoms with van der Waals surface area (Å²) < 4.78 is 4.96. The van der Waals surface area contributed by atoms with Crippen LogP contribution in [0.1, 0.15) is 16.1 Å². The zero-order valence-electron chi connectivity index (χ0n) is 10.5. The van der Waals surface area contributed by atoms with E-state index in [-0.39, 0.29) is 16.9 Å². The van der Waals surface area contributed by atoms with Gasteiger partial charge in [0.05, 0.1) is 6.61 Å². The number of halogens is 1. The van der Waals surface area contributed by atoms with Gasteiger partial charge in [-0.3, -0.25) is 9.59 Å². The third kappa shape index (κ3) is 3.96. The molecule has 0 aliphatic carbocycles. The van der Waals surface area contributed by atoms with Crippen molar-refractivity contribution in [1.82, 2.24) is 9.88 Å². The normalized spacial score (nSPS) is 10.4. The Balaban J connectivity index is 2.90. The number of ether oxygens (including phenoxy) is 1. The van der Waals surface area contributed by atoms with Gasteiger partial charge in [-0.25, -0.2) is 0 Å². The minimum atomic E-state index is -0.271. The van der Waals surface area contributed by atoms with Gasteiger partial charge in [0.2, 0.25) is 0 Å². The van der Waals surface area contributed by atoms with E-state index in [0.29, 0.717) is 25.0 Å². The Labute approximate surface area is 114 Å². The molecule has 1 aromatic heterocycles. The van der Waals surface area contributed by atoms with Gasteiger partial charge in [0.25, 0.3) is 5.91 Å². The highest BCUT2D eigenvalue weighted by Crippen LogP contribution is 2.01. The zero-order chi connectivity index (χ0) is 13.5. The van der Waals surface area contributed by atoms with E-state index in [4.69, 9.17) is 4.74 Å². The van der Waals surface area contributed by atoms with E-state index in [0.717, 1.165) is 5.69 Å². The highest BCUT2D eigenvalue weighted by atomic mass is 79.9. The fraction of sp³-hybridized carbons (Fsp3) is 0.500. The average Bonchev–Trinajstić information content (AvgIpc) is 2.33. The molecule has 0 bridgehead atoms. The number of carbonyl (C=O) groups excluding carboxylic acids is 1. The van der Waals surface area contributed by atoms with E-state index in [9.17, 15) is 9.59 Å². The lowest BCUT2D eigenvalue weighted by Gasteiger charge is -2.21. The number of methoxy groups -OCH3 is 1. The predicted molar refractivity (Wildman–Crippen MR) is 73.4 cm³/mol. The molecule has 0 unspecified atom stereocenters. The number of aryl methyl sites for hydroxylation is 1. The molecule has 18 heavy (non-hydrogen) atoms. The van der Waals surface area contributed by atoms with Crippen LogP contribution >= 0.6 is 15.9 Å². The van der Waals surface area contributed by atoms with Crippen LogP contribution in [0.5, 0.6) is 0 Å². The Kier molecular flexibility index (Phi) is 6.07. The van der Waals surface area contributed by atoms with Crippen molar-refractivity contribution in [3.8, 4) is 0 Å². The highest BCUT2D eigenvalue weighted by molar-refractivity contribution is 9.09. The maximum absolute atomic E-state index is 12.2. The van der Waals surface area contributed by atoms with Gasteiger partial charge in [0.1, 0.15) is 5.56 Å². The number of pyridine rings is 1. The lowest BCUT2D eigenvalue weighted by Crippen LogP contribution is -2.37. The predicted octanol–water partition coefficient (Wildman–Crippen LogP) is 1.17. The van der Waals surface area contributed by atoms with Crippen LogP contribution in [-0.2, 0) is 4.74 Å². The molecular weight excluding hydrogens is 300 g/mol. The topological polar surface area (TPSA) is 62.4 Å². The molecule has 5 nitrogen and oxygen atoms in total. The Morgan fingerprint density at radius 2 is 2.22 bits per heavy atom. The number of hydrogen-bond acceptors (Lipinski definition) is 3. The standard InChI is InChI=1S/C12H17BrN2O3/c1-9-7-11(16)10(8-14-9)12(17)15(4-3-13)5-6-18-2/h7-8H,3-6H2,1-2H3,(H,14,16). The van der Waals surface area contributed by atoms with Gasteiger partial charge in [0, 0.05) is 43.5 Å². The van der Waals surface area contributed by atoms with Crippen molar-refractivity contribution >= 4 is 21.8 Å². The summed E-state index contributed by atoms with van der Waals surface area (Å²) in [6, 6.07) is 1.43. The first-order valence-electron chi connectivity index (χ1n) is 5.63. The summed E-state index contributed by atoms with van der Waals surface area (Å²) in [5, 5.41) is 0.659. The maximum atomic E-state index is 12.2. The van der Waals surface area contributed by atoms with Gasteiger partial charge in [-0.15, -0.1) is 0 Å². The van der Waals surface area contributed by atoms with Gasteiger partial charge in [-0.2, -0.15) is 0 Å². The quantitative estimate of drug-likeness (QED) is 0.801. The number of rotatable bonds is 6. The second-order valence-corrected chi connectivity index (χ2v) is 4.66. The van der Waals surface area contributed by atoms with Crippen molar-refractivity contribution in [1.29, 1.82) is 0 Å². The number of carbonyl (C=O) groups is 1. The molecule has 0 spiro atoms. The number of H-pyrrole nitrogens is 1. The molecule has 100 valence electrons. The summed E-state index contributed by atoms with van der Waals surface area (Å²) in [5.41, 5.74) is 0.645. The SMILES string of the molecule is COCCN(CCBr)C(=O)c1c[nH]c(C)cc1=O. The fourth-order valence-electron chi connectivity index (χ4n) is 1.53. The number of alkyl halides is 1. The van der Waals surface area contributed by atoms with E-state index in [1.807, 2.05) is 0 Å². The van der Waals surface area contributed by atoms with Crippen LogP contribution in [0.4, 0.5) is 0 Å². The van der Waals surface area contributed by atoms with E-state index < -0.39 is 0 Å². The van der Waals surface area contributed by atoms with Crippen LogP contribution in [0.3, 0.4) is 0 Å².